The van der Waals surface area contributed by atoms with Crippen LogP contribution in [0.4, 0.5) is 0 Å². The molecule has 0 saturated heterocycles. The molecule has 0 radical (unpaired) electrons. The average molecular weight is 296 g/mol. The molecule has 6 atom stereocenters. The van der Waals surface area contributed by atoms with Gasteiger partial charge in [0.25, 0.3) is 0 Å². The molecule has 0 aromatic heterocycles. The number of hydrogen-bond donors (Lipinski definition) is 1. The lowest BCUT2D eigenvalue weighted by atomic mass is 9.51. The third-order valence-corrected chi connectivity index (χ3v) is 7.33. The van der Waals surface area contributed by atoms with E-state index in [1.165, 1.54) is 5.57 Å². The summed E-state index contributed by atoms with van der Waals surface area (Å²) in [6.07, 6.45) is 17.5. The highest BCUT2D eigenvalue weighted by atomic mass is 16.3. The molecule has 4 aliphatic rings. The number of ketones is 1. The van der Waals surface area contributed by atoms with E-state index in [4.69, 9.17) is 6.42 Å². The topological polar surface area (TPSA) is 37.3 Å². The summed E-state index contributed by atoms with van der Waals surface area (Å²) in [4.78, 5) is 11.6. The summed E-state index contributed by atoms with van der Waals surface area (Å²) in [5.74, 6) is 5.11. The maximum Gasteiger partial charge on any atom is 0.178 e. The minimum atomic E-state index is -0.920. The maximum absolute atomic E-state index is 11.6. The quantitative estimate of drug-likeness (QED) is 0.697. The van der Waals surface area contributed by atoms with Crippen molar-refractivity contribution in [2.75, 3.05) is 0 Å². The molecule has 3 fully saturated rings. The Kier molecular flexibility index (Phi) is 2.97. The van der Waals surface area contributed by atoms with Crippen LogP contribution in [0.5, 0.6) is 0 Å². The fourth-order valence-corrected chi connectivity index (χ4v) is 6.07. The Morgan fingerprint density at radius 2 is 2.09 bits per heavy atom. The average Bonchev–Trinajstić information content (AvgIpc) is 2.79. The van der Waals surface area contributed by atoms with Crippen molar-refractivity contribution in [3.63, 3.8) is 0 Å². The molecule has 0 amide bonds. The van der Waals surface area contributed by atoms with E-state index in [2.05, 4.69) is 18.9 Å². The van der Waals surface area contributed by atoms with Crippen molar-refractivity contribution >= 4 is 5.78 Å². The van der Waals surface area contributed by atoms with Crippen molar-refractivity contribution in [1.82, 2.24) is 0 Å². The molecule has 0 aromatic carbocycles. The number of aliphatic hydroxyl groups is 1. The summed E-state index contributed by atoms with van der Waals surface area (Å²) < 4.78 is 0. The van der Waals surface area contributed by atoms with Crippen molar-refractivity contribution in [1.29, 1.82) is 0 Å². The van der Waals surface area contributed by atoms with Crippen molar-refractivity contribution < 1.29 is 9.90 Å². The first kappa shape index (κ1) is 14.3. The molecule has 0 aromatic rings. The molecule has 0 heterocycles. The first-order valence-corrected chi connectivity index (χ1v) is 8.61. The molecule has 1 N–H and O–H groups in total. The van der Waals surface area contributed by atoms with Gasteiger partial charge in [0.15, 0.2) is 5.78 Å². The molecule has 0 spiro atoms. The largest absolute Gasteiger partial charge is 0.377 e. The second kappa shape index (κ2) is 4.59. The highest BCUT2D eigenvalue weighted by Crippen LogP contribution is 2.64. The minimum absolute atomic E-state index is 0.127. The predicted molar refractivity (Wildman–Crippen MR) is 85.8 cm³/mol. The van der Waals surface area contributed by atoms with Crippen LogP contribution >= 0.6 is 0 Å². The van der Waals surface area contributed by atoms with Crippen molar-refractivity contribution in [2.24, 2.45) is 29.1 Å². The fourth-order valence-electron chi connectivity index (χ4n) is 6.07. The highest BCUT2D eigenvalue weighted by Gasteiger charge is 2.61. The van der Waals surface area contributed by atoms with Gasteiger partial charge in [0.1, 0.15) is 5.60 Å². The molecule has 0 bridgehead atoms. The molecule has 4 rings (SSSR count). The third-order valence-electron chi connectivity index (χ3n) is 7.33. The van der Waals surface area contributed by atoms with Crippen LogP contribution < -0.4 is 0 Å². The van der Waals surface area contributed by atoms with E-state index in [0.29, 0.717) is 23.7 Å². The maximum atomic E-state index is 11.6. The standard InChI is InChI=1S/C20H24O2/c1-3-20(22)11-9-18-17-6-4-13-12-14(21)5-7-15(13)16(17)8-10-19(18,20)2/h1,5,7,12,15-18,22H,4,6,8-11H2,2H3/t15-,16+,17+,18-,19-,20+/m0/s1. The first-order chi connectivity index (χ1) is 10.5. The van der Waals surface area contributed by atoms with Crippen LogP contribution in [0.2, 0.25) is 0 Å². The number of hydrogen-bond acceptors (Lipinski definition) is 2. The Morgan fingerprint density at radius 1 is 1.27 bits per heavy atom. The van der Waals surface area contributed by atoms with E-state index < -0.39 is 5.60 Å². The van der Waals surface area contributed by atoms with E-state index in [9.17, 15) is 9.90 Å². The molecule has 116 valence electrons. The Balaban J connectivity index is 1.67. The number of allylic oxidation sites excluding steroid dienone is 4. The summed E-state index contributed by atoms with van der Waals surface area (Å²) in [5.41, 5.74) is 0.290. The van der Waals surface area contributed by atoms with Crippen LogP contribution in [0.25, 0.3) is 0 Å². The van der Waals surface area contributed by atoms with Gasteiger partial charge in [-0.3, -0.25) is 4.79 Å². The predicted octanol–water partition coefficient (Wildman–Crippen LogP) is 3.27. The van der Waals surface area contributed by atoms with Crippen molar-refractivity contribution in [2.45, 2.75) is 51.0 Å². The van der Waals surface area contributed by atoms with Crippen LogP contribution in [-0.4, -0.2) is 16.5 Å². The van der Waals surface area contributed by atoms with Crippen LogP contribution in [0, 0.1) is 41.4 Å². The monoisotopic (exact) mass is 296 g/mol. The summed E-state index contributed by atoms with van der Waals surface area (Å²) in [6.45, 7) is 2.21. The number of fused-ring (bicyclic) bond motifs is 5. The zero-order chi connectivity index (χ0) is 15.5. The van der Waals surface area contributed by atoms with Gasteiger partial charge in [-0.05, 0) is 68.4 Å². The van der Waals surface area contributed by atoms with Gasteiger partial charge < -0.3 is 5.11 Å². The van der Waals surface area contributed by atoms with Gasteiger partial charge in [0.2, 0.25) is 0 Å². The molecule has 22 heavy (non-hydrogen) atoms. The van der Waals surface area contributed by atoms with E-state index in [1.54, 1.807) is 6.08 Å². The summed E-state index contributed by atoms with van der Waals surface area (Å²) in [5, 5.41) is 10.9. The summed E-state index contributed by atoms with van der Waals surface area (Å²) in [6, 6.07) is 0. The molecule has 3 saturated carbocycles. The summed E-state index contributed by atoms with van der Waals surface area (Å²) >= 11 is 0. The van der Waals surface area contributed by atoms with Gasteiger partial charge in [-0.25, -0.2) is 0 Å². The number of terminal acetylenes is 1. The van der Waals surface area contributed by atoms with Gasteiger partial charge in [0.05, 0.1) is 0 Å². The number of carbonyl (C=O) groups excluding carboxylic acids is 1. The van der Waals surface area contributed by atoms with E-state index in [0.717, 1.165) is 38.5 Å². The van der Waals surface area contributed by atoms with Crippen molar-refractivity contribution in [3.8, 4) is 12.3 Å². The normalized spacial score (nSPS) is 49.7. The highest BCUT2D eigenvalue weighted by molar-refractivity contribution is 6.00. The lowest BCUT2D eigenvalue weighted by Gasteiger charge is -2.54. The fraction of sp³-hybridized carbons (Fsp3) is 0.650. The molecule has 0 unspecified atom stereocenters. The second-order valence-corrected chi connectivity index (χ2v) is 7.98. The Hall–Kier alpha value is -1.33. The Bertz CT molecular complexity index is 622. The molecule has 4 aliphatic carbocycles. The van der Waals surface area contributed by atoms with Gasteiger partial charge >= 0.3 is 0 Å². The molecular formula is C20H24O2. The molecule has 2 nitrogen and oxygen atoms in total. The molecule has 2 heteroatoms. The summed E-state index contributed by atoms with van der Waals surface area (Å²) in [7, 11) is 0. The lowest BCUT2D eigenvalue weighted by molar-refractivity contribution is -0.110. The number of carbonyl (C=O) groups is 1. The molecule has 0 aliphatic heterocycles. The Morgan fingerprint density at radius 3 is 2.86 bits per heavy atom. The van der Waals surface area contributed by atoms with Gasteiger partial charge in [0, 0.05) is 11.3 Å². The van der Waals surface area contributed by atoms with E-state index >= 15 is 0 Å². The first-order valence-electron chi connectivity index (χ1n) is 8.61. The van der Waals surface area contributed by atoms with Gasteiger partial charge in [-0.1, -0.05) is 24.5 Å². The van der Waals surface area contributed by atoms with E-state index in [-0.39, 0.29) is 11.2 Å². The lowest BCUT2D eigenvalue weighted by Crippen LogP contribution is -2.51. The van der Waals surface area contributed by atoms with Crippen LogP contribution in [0.15, 0.2) is 23.8 Å². The Labute approximate surface area is 132 Å². The van der Waals surface area contributed by atoms with Crippen LogP contribution in [0.3, 0.4) is 0 Å². The zero-order valence-electron chi connectivity index (χ0n) is 13.2. The third kappa shape index (κ3) is 1.69. The van der Waals surface area contributed by atoms with Crippen molar-refractivity contribution in [3.05, 3.63) is 23.8 Å². The molecular weight excluding hydrogens is 272 g/mol. The second-order valence-electron chi connectivity index (χ2n) is 7.98. The number of rotatable bonds is 0. The van der Waals surface area contributed by atoms with Gasteiger partial charge in [-0.15, -0.1) is 6.42 Å². The smallest absolute Gasteiger partial charge is 0.178 e. The minimum Gasteiger partial charge on any atom is -0.377 e. The van der Waals surface area contributed by atoms with E-state index in [1.807, 2.05) is 6.08 Å². The zero-order valence-corrected chi connectivity index (χ0v) is 13.2. The van der Waals surface area contributed by atoms with Crippen LogP contribution in [-0.2, 0) is 4.79 Å². The van der Waals surface area contributed by atoms with Crippen LogP contribution in [0.1, 0.15) is 45.4 Å². The SMILES string of the molecule is C#C[C@@]1(O)CC[C@H]2[C@@H]3CCC4=CC(=O)C=C[C@@H]4[C@H]3CC[C@@]21C. The van der Waals surface area contributed by atoms with Gasteiger partial charge in [-0.2, -0.15) is 0 Å².